The van der Waals surface area contributed by atoms with E-state index >= 15 is 0 Å². The van der Waals surface area contributed by atoms with Crippen molar-refractivity contribution in [2.45, 2.75) is 25.9 Å². The molecule has 0 bridgehead atoms. The molecule has 2 amide bonds. The van der Waals surface area contributed by atoms with E-state index in [2.05, 4.69) is 5.32 Å². The van der Waals surface area contributed by atoms with Crippen molar-refractivity contribution in [1.82, 2.24) is 10.2 Å². The second-order valence-electron chi connectivity index (χ2n) is 6.62. The summed E-state index contributed by atoms with van der Waals surface area (Å²) < 4.78 is 5.12. The Labute approximate surface area is 174 Å². The zero-order chi connectivity index (χ0) is 20.8. The molecule has 6 nitrogen and oxygen atoms in total. The Morgan fingerprint density at radius 1 is 1.10 bits per heavy atom. The predicted octanol–water partition coefficient (Wildman–Crippen LogP) is 3.46. The summed E-state index contributed by atoms with van der Waals surface area (Å²) in [5.41, 5.74) is 2.59. The van der Waals surface area contributed by atoms with E-state index in [1.807, 2.05) is 36.4 Å². The van der Waals surface area contributed by atoms with E-state index in [4.69, 9.17) is 16.3 Å². The molecule has 0 aromatic heterocycles. The van der Waals surface area contributed by atoms with Gasteiger partial charge in [0, 0.05) is 24.7 Å². The Hall–Kier alpha value is -3.12. The van der Waals surface area contributed by atoms with Gasteiger partial charge in [0.25, 0.3) is 5.91 Å². The Kier molecular flexibility index (Phi) is 6.67. The van der Waals surface area contributed by atoms with Gasteiger partial charge in [-0.05, 0) is 28.8 Å². The summed E-state index contributed by atoms with van der Waals surface area (Å²) in [5.74, 6) is -1.16. The number of ether oxygens (including phenoxy) is 1. The standard InChI is InChI=1S/C22H21ClN2O4/c1-15(26)25-11-10-16-6-2-4-8-18(16)20(25)12-22(28)29-14-21(27)24-13-17-7-3-5-9-19(17)23/h2-11,20H,12-14H2,1H3,(H,24,27)/t20-/m0/s1. The molecule has 0 radical (unpaired) electrons. The van der Waals surface area contributed by atoms with Crippen molar-refractivity contribution in [1.29, 1.82) is 0 Å². The number of nitrogens with one attached hydrogen (secondary N) is 1. The first kappa shape index (κ1) is 20.6. The fourth-order valence-corrected chi connectivity index (χ4v) is 3.37. The summed E-state index contributed by atoms with van der Waals surface area (Å²) in [7, 11) is 0. The maximum absolute atomic E-state index is 12.3. The molecule has 2 aromatic rings. The Morgan fingerprint density at radius 2 is 1.83 bits per heavy atom. The van der Waals surface area contributed by atoms with E-state index in [1.54, 1.807) is 24.4 Å². The van der Waals surface area contributed by atoms with Crippen LogP contribution in [0.5, 0.6) is 0 Å². The van der Waals surface area contributed by atoms with Gasteiger partial charge in [0.1, 0.15) is 0 Å². The minimum atomic E-state index is -0.556. The molecule has 3 rings (SSSR count). The Balaban J connectivity index is 1.55. The average Bonchev–Trinajstić information content (AvgIpc) is 2.71. The molecule has 29 heavy (non-hydrogen) atoms. The molecule has 1 heterocycles. The van der Waals surface area contributed by atoms with Crippen molar-refractivity contribution < 1.29 is 19.1 Å². The maximum atomic E-state index is 12.3. The topological polar surface area (TPSA) is 75.7 Å². The first-order valence-electron chi connectivity index (χ1n) is 9.17. The van der Waals surface area contributed by atoms with Crippen LogP contribution in [0.4, 0.5) is 0 Å². The number of halogens is 1. The highest BCUT2D eigenvalue weighted by Gasteiger charge is 2.28. The molecule has 0 fully saturated rings. The quantitative estimate of drug-likeness (QED) is 0.737. The number of fused-ring (bicyclic) bond motifs is 1. The van der Waals surface area contributed by atoms with Crippen molar-refractivity contribution in [2.75, 3.05) is 6.61 Å². The van der Waals surface area contributed by atoms with Crippen LogP contribution < -0.4 is 5.32 Å². The van der Waals surface area contributed by atoms with Crippen LogP contribution in [0.3, 0.4) is 0 Å². The minimum absolute atomic E-state index is 0.0429. The van der Waals surface area contributed by atoms with Crippen LogP contribution in [-0.2, 0) is 25.7 Å². The van der Waals surface area contributed by atoms with Gasteiger partial charge in [0.2, 0.25) is 5.91 Å². The largest absolute Gasteiger partial charge is 0.456 e. The second kappa shape index (κ2) is 9.39. The SMILES string of the molecule is CC(=O)N1C=Cc2ccccc2[C@@H]1CC(=O)OCC(=O)NCc1ccccc1Cl. The molecular weight excluding hydrogens is 392 g/mol. The lowest BCUT2D eigenvalue weighted by atomic mass is 9.94. The lowest BCUT2D eigenvalue weighted by Gasteiger charge is -2.32. The highest BCUT2D eigenvalue weighted by molar-refractivity contribution is 6.31. The maximum Gasteiger partial charge on any atom is 0.308 e. The van der Waals surface area contributed by atoms with Gasteiger partial charge in [-0.2, -0.15) is 0 Å². The molecule has 150 valence electrons. The molecule has 1 atom stereocenters. The summed E-state index contributed by atoms with van der Waals surface area (Å²) in [6, 6.07) is 14.3. The van der Waals surface area contributed by atoms with E-state index in [0.29, 0.717) is 5.02 Å². The molecule has 0 saturated heterocycles. The van der Waals surface area contributed by atoms with Gasteiger partial charge < -0.3 is 15.0 Å². The normalized spacial score (nSPS) is 14.8. The molecule has 0 saturated carbocycles. The Morgan fingerprint density at radius 3 is 2.59 bits per heavy atom. The number of esters is 1. The lowest BCUT2D eigenvalue weighted by molar-refractivity contribution is -0.150. The number of carbonyl (C=O) groups excluding carboxylic acids is 3. The van der Waals surface area contributed by atoms with Crippen molar-refractivity contribution >= 4 is 35.5 Å². The smallest absolute Gasteiger partial charge is 0.308 e. The van der Waals surface area contributed by atoms with E-state index in [-0.39, 0.29) is 18.9 Å². The molecule has 1 N–H and O–H groups in total. The molecular formula is C22H21ClN2O4. The number of hydrogen-bond acceptors (Lipinski definition) is 4. The number of amides is 2. The summed E-state index contributed by atoms with van der Waals surface area (Å²) >= 11 is 6.05. The van der Waals surface area contributed by atoms with Crippen LogP contribution in [-0.4, -0.2) is 29.3 Å². The minimum Gasteiger partial charge on any atom is -0.456 e. The zero-order valence-electron chi connectivity index (χ0n) is 15.9. The van der Waals surface area contributed by atoms with Gasteiger partial charge in [-0.25, -0.2) is 0 Å². The van der Waals surface area contributed by atoms with Crippen LogP contribution in [0.15, 0.2) is 54.7 Å². The molecule has 0 unspecified atom stereocenters. The fraction of sp³-hybridized carbons (Fsp3) is 0.227. The van der Waals surface area contributed by atoms with Crippen molar-refractivity contribution in [3.63, 3.8) is 0 Å². The summed E-state index contributed by atoms with van der Waals surface area (Å²) in [4.78, 5) is 37.8. The monoisotopic (exact) mass is 412 g/mol. The third-order valence-electron chi connectivity index (χ3n) is 4.63. The van der Waals surface area contributed by atoms with E-state index in [1.165, 1.54) is 11.8 Å². The van der Waals surface area contributed by atoms with E-state index < -0.39 is 24.5 Å². The number of carbonyl (C=O) groups is 3. The van der Waals surface area contributed by atoms with Crippen molar-refractivity contribution in [3.05, 3.63) is 76.4 Å². The van der Waals surface area contributed by atoms with Gasteiger partial charge in [-0.1, -0.05) is 54.1 Å². The second-order valence-corrected chi connectivity index (χ2v) is 7.03. The highest BCUT2D eigenvalue weighted by atomic mass is 35.5. The predicted molar refractivity (Wildman–Crippen MR) is 110 cm³/mol. The van der Waals surface area contributed by atoms with Crippen LogP contribution in [0.1, 0.15) is 36.1 Å². The molecule has 0 aliphatic carbocycles. The van der Waals surface area contributed by atoms with Crippen LogP contribution >= 0.6 is 11.6 Å². The third-order valence-corrected chi connectivity index (χ3v) is 5.00. The first-order valence-corrected chi connectivity index (χ1v) is 9.55. The van der Waals surface area contributed by atoms with Gasteiger partial charge >= 0.3 is 5.97 Å². The van der Waals surface area contributed by atoms with Crippen molar-refractivity contribution in [3.8, 4) is 0 Å². The molecule has 1 aliphatic heterocycles. The zero-order valence-corrected chi connectivity index (χ0v) is 16.7. The molecule has 1 aliphatic rings. The van der Waals surface area contributed by atoms with Crippen LogP contribution in [0.2, 0.25) is 5.02 Å². The fourth-order valence-electron chi connectivity index (χ4n) is 3.16. The summed E-state index contributed by atoms with van der Waals surface area (Å²) in [6.07, 6.45) is 3.46. The van der Waals surface area contributed by atoms with Gasteiger partial charge in [-0.3, -0.25) is 14.4 Å². The Bertz CT molecular complexity index is 957. The van der Waals surface area contributed by atoms with Gasteiger partial charge in [0.05, 0.1) is 12.5 Å². The highest BCUT2D eigenvalue weighted by Crippen LogP contribution is 2.33. The van der Waals surface area contributed by atoms with E-state index in [9.17, 15) is 14.4 Å². The molecule has 7 heteroatoms. The van der Waals surface area contributed by atoms with E-state index in [0.717, 1.165) is 16.7 Å². The van der Waals surface area contributed by atoms with Crippen LogP contribution in [0.25, 0.3) is 6.08 Å². The number of benzene rings is 2. The first-order chi connectivity index (χ1) is 14.0. The van der Waals surface area contributed by atoms with Crippen LogP contribution in [0, 0.1) is 0 Å². The number of rotatable bonds is 6. The molecule has 0 spiro atoms. The lowest BCUT2D eigenvalue weighted by Crippen LogP contribution is -2.33. The summed E-state index contributed by atoms with van der Waals surface area (Å²) in [5, 5.41) is 3.22. The molecule has 2 aromatic carbocycles. The number of nitrogens with zero attached hydrogens (tertiary/aromatic N) is 1. The van der Waals surface area contributed by atoms with Gasteiger partial charge in [-0.15, -0.1) is 0 Å². The average molecular weight is 413 g/mol. The van der Waals surface area contributed by atoms with Gasteiger partial charge in [0.15, 0.2) is 6.61 Å². The number of hydrogen-bond donors (Lipinski definition) is 1. The third kappa shape index (κ3) is 5.23. The van der Waals surface area contributed by atoms with Crippen molar-refractivity contribution in [2.24, 2.45) is 0 Å². The summed E-state index contributed by atoms with van der Waals surface area (Å²) in [6.45, 7) is 1.29.